The van der Waals surface area contributed by atoms with Crippen LogP contribution in [-0.4, -0.2) is 11.5 Å². The molecule has 100 valence electrons. The highest BCUT2D eigenvalue weighted by molar-refractivity contribution is 5.24. The standard InChI is InChI=1S/C17H22N2/c1-3-15-6-8-17(9-7-15)14(2)19-12-10-16-5-4-11-18-13-16/h4-9,11,13-14,19H,3,10,12H2,1-2H3. The van der Waals surface area contributed by atoms with Gasteiger partial charge in [0.15, 0.2) is 0 Å². The number of pyridine rings is 1. The van der Waals surface area contributed by atoms with E-state index < -0.39 is 0 Å². The van der Waals surface area contributed by atoms with Gasteiger partial charge in [0, 0.05) is 18.4 Å². The molecule has 1 heterocycles. The number of benzene rings is 1. The maximum absolute atomic E-state index is 4.13. The third-order valence-corrected chi connectivity index (χ3v) is 3.47. The summed E-state index contributed by atoms with van der Waals surface area (Å²) in [6.45, 7) is 5.37. The van der Waals surface area contributed by atoms with Crippen LogP contribution in [0, 0.1) is 0 Å². The summed E-state index contributed by atoms with van der Waals surface area (Å²) >= 11 is 0. The third kappa shape index (κ3) is 4.18. The molecule has 1 aromatic heterocycles. The Morgan fingerprint density at radius 3 is 2.53 bits per heavy atom. The molecule has 0 aliphatic rings. The Bertz CT molecular complexity index is 476. The Balaban J connectivity index is 1.82. The molecule has 2 rings (SSSR count). The van der Waals surface area contributed by atoms with Crippen molar-refractivity contribution in [2.45, 2.75) is 32.7 Å². The quantitative estimate of drug-likeness (QED) is 0.853. The fourth-order valence-electron chi connectivity index (χ4n) is 2.14. The van der Waals surface area contributed by atoms with Crippen molar-refractivity contribution in [1.82, 2.24) is 10.3 Å². The van der Waals surface area contributed by atoms with E-state index in [9.17, 15) is 0 Å². The molecule has 0 aliphatic heterocycles. The minimum atomic E-state index is 0.391. The van der Waals surface area contributed by atoms with Gasteiger partial charge >= 0.3 is 0 Å². The summed E-state index contributed by atoms with van der Waals surface area (Å²) in [4.78, 5) is 4.13. The van der Waals surface area contributed by atoms with Gasteiger partial charge in [0.05, 0.1) is 0 Å². The van der Waals surface area contributed by atoms with Crippen molar-refractivity contribution in [3.8, 4) is 0 Å². The molecule has 1 atom stereocenters. The van der Waals surface area contributed by atoms with Crippen LogP contribution < -0.4 is 5.32 Å². The molecule has 0 saturated carbocycles. The maximum Gasteiger partial charge on any atom is 0.0300 e. The SMILES string of the molecule is CCc1ccc(C(C)NCCc2cccnc2)cc1. The highest BCUT2D eigenvalue weighted by Crippen LogP contribution is 2.13. The second kappa shape index (κ2) is 7.05. The lowest BCUT2D eigenvalue weighted by Crippen LogP contribution is -2.21. The van der Waals surface area contributed by atoms with Crippen LogP contribution in [0.1, 0.15) is 36.6 Å². The van der Waals surface area contributed by atoms with E-state index in [0.717, 1.165) is 19.4 Å². The zero-order chi connectivity index (χ0) is 13.5. The van der Waals surface area contributed by atoms with Gasteiger partial charge in [0.2, 0.25) is 0 Å². The highest BCUT2D eigenvalue weighted by Gasteiger charge is 2.04. The molecule has 0 bridgehead atoms. The van der Waals surface area contributed by atoms with Gasteiger partial charge in [-0.05, 0) is 49.1 Å². The van der Waals surface area contributed by atoms with Crippen LogP contribution in [0.5, 0.6) is 0 Å². The first kappa shape index (κ1) is 13.8. The van der Waals surface area contributed by atoms with Gasteiger partial charge in [0.25, 0.3) is 0 Å². The third-order valence-electron chi connectivity index (χ3n) is 3.47. The molecule has 1 N–H and O–H groups in total. The average Bonchev–Trinajstić information content (AvgIpc) is 2.48. The minimum Gasteiger partial charge on any atom is -0.310 e. The fraction of sp³-hybridized carbons (Fsp3) is 0.353. The lowest BCUT2D eigenvalue weighted by atomic mass is 10.0. The molecule has 1 aromatic carbocycles. The van der Waals surface area contributed by atoms with Crippen molar-refractivity contribution in [3.05, 3.63) is 65.5 Å². The van der Waals surface area contributed by atoms with Gasteiger partial charge in [-0.1, -0.05) is 37.3 Å². The first-order chi connectivity index (χ1) is 9.29. The molecule has 0 amide bonds. The van der Waals surface area contributed by atoms with Crippen LogP contribution in [0.15, 0.2) is 48.8 Å². The summed E-state index contributed by atoms with van der Waals surface area (Å²) in [6.07, 6.45) is 5.87. The van der Waals surface area contributed by atoms with Crippen LogP contribution in [0.2, 0.25) is 0 Å². The Hall–Kier alpha value is -1.67. The molecular formula is C17H22N2. The molecule has 2 heteroatoms. The van der Waals surface area contributed by atoms with E-state index in [2.05, 4.69) is 54.5 Å². The van der Waals surface area contributed by atoms with E-state index in [1.54, 1.807) is 0 Å². The van der Waals surface area contributed by atoms with Crippen LogP contribution in [0.4, 0.5) is 0 Å². The van der Waals surface area contributed by atoms with E-state index >= 15 is 0 Å². The van der Waals surface area contributed by atoms with Gasteiger partial charge in [0.1, 0.15) is 0 Å². The van der Waals surface area contributed by atoms with E-state index in [1.165, 1.54) is 16.7 Å². The number of aromatic nitrogens is 1. The second-order valence-corrected chi connectivity index (χ2v) is 4.88. The number of aryl methyl sites for hydroxylation is 1. The van der Waals surface area contributed by atoms with Gasteiger partial charge in [-0.3, -0.25) is 4.98 Å². The fourth-order valence-corrected chi connectivity index (χ4v) is 2.14. The van der Waals surface area contributed by atoms with Crippen molar-refractivity contribution in [3.63, 3.8) is 0 Å². The average molecular weight is 254 g/mol. The topological polar surface area (TPSA) is 24.9 Å². The number of nitrogens with zero attached hydrogens (tertiary/aromatic N) is 1. The van der Waals surface area contributed by atoms with Crippen molar-refractivity contribution in [2.75, 3.05) is 6.54 Å². The largest absolute Gasteiger partial charge is 0.310 e. The maximum atomic E-state index is 4.13. The number of nitrogens with one attached hydrogen (secondary N) is 1. The Kier molecular flexibility index (Phi) is 5.10. The highest BCUT2D eigenvalue weighted by atomic mass is 14.9. The van der Waals surface area contributed by atoms with Crippen LogP contribution in [0.25, 0.3) is 0 Å². The van der Waals surface area contributed by atoms with E-state index in [0.29, 0.717) is 6.04 Å². The van der Waals surface area contributed by atoms with Crippen LogP contribution in [0.3, 0.4) is 0 Å². The molecule has 0 saturated heterocycles. The molecule has 0 aliphatic carbocycles. The first-order valence-electron chi connectivity index (χ1n) is 7.00. The molecule has 0 fully saturated rings. The molecular weight excluding hydrogens is 232 g/mol. The monoisotopic (exact) mass is 254 g/mol. The Morgan fingerprint density at radius 1 is 1.11 bits per heavy atom. The lowest BCUT2D eigenvalue weighted by Gasteiger charge is -2.14. The summed E-state index contributed by atoms with van der Waals surface area (Å²) in [5.74, 6) is 0. The van der Waals surface area contributed by atoms with Crippen LogP contribution >= 0.6 is 0 Å². The Morgan fingerprint density at radius 2 is 1.89 bits per heavy atom. The summed E-state index contributed by atoms with van der Waals surface area (Å²) in [5.41, 5.74) is 4.03. The first-order valence-corrected chi connectivity index (χ1v) is 7.00. The second-order valence-electron chi connectivity index (χ2n) is 4.88. The van der Waals surface area contributed by atoms with Gasteiger partial charge in [-0.25, -0.2) is 0 Å². The van der Waals surface area contributed by atoms with E-state index in [4.69, 9.17) is 0 Å². The summed E-state index contributed by atoms with van der Waals surface area (Å²) in [6, 6.07) is 13.4. The molecule has 2 aromatic rings. The van der Waals surface area contributed by atoms with Crippen molar-refractivity contribution in [2.24, 2.45) is 0 Å². The minimum absolute atomic E-state index is 0.391. The number of hydrogen-bond acceptors (Lipinski definition) is 2. The van der Waals surface area contributed by atoms with Crippen molar-refractivity contribution in [1.29, 1.82) is 0 Å². The predicted molar refractivity (Wildman–Crippen MR) is 80.2 cm³/mol. The van der Waals surface area contributed by atoms with E-state index in [-0.39, 0.29) is 0 Å². The van der Waals surface area contributed by atoms with E-state index in [1.807, 2.05) is 18.5 Å². The number of hydrogen-bond donors (Lipinski definition) is 1. The molecule has 19 heavy (non-hydrogen) atoms. The summed E-state index contributed by atoms with van der Waals surface area (Å²) in [5, 5.41) is 3.56. The summed E-state index contributed by atoms with van der Waals surface area (Å²) in [7, 11) is 0. The Labute approximate surface area is 115 Å². The molecule has 0 radical (unpaired) electrons. The van der Waals surface area contributed by atoms with Gasteiger partial charge < -0.3 is 5.32 Å². The van der Waals surface area contributed by atoms with Gasteiger partial charge in [-0.15, -0.1) is 0 Å². The number of rotatable bonds is 6. The molecule has 1 unspecified atom stereocenters. The zero-order valence-electron chi connectivity index (χ0n) is 11.8. The van der Waals surface area contributed by atoms with Gasteiger partial charge in [-0.2, -0.15) is 0 Å². The summed E-state index contributed by atoms with van der Waals surface area (Å²) < 4.78 is 0. The predicted octanol–water partition coefficient (Wildman–Crippen LogP) is 3.54. The van der Waals surface area contributed by atoms with Crippen molar-refractivity contribution >= 4 is 0 Å². The zero-order valence-corrected chi connectivity index (χ0v) is 11.8. The van der Waals surface area contributed by atoms with Crippen LogP contribution in [-0.2, 0) is 12.8 Å². The molecule has 2 nitrogen and oxygen atoms in total. The van der Waals surface area contributed by atoms with Crippen molar-refractivity contribution < 1.29 is 0 Å². The lowest BCUT2D eigenvalue weighted by molar-refractivity contribution is 0.576. The molecule has 0 spiro atoms. The normalized spacial score (nSPS) is 12.3. The smallest absolute Gasteiger partial charge is 0.0300 e.